The Labute approximate surface area is 123 Å². The van der Waals surface area contributed by atoms with Gasteiger partial charge in [-0.2, -0.15) is 0 Å². The van der Waals surface area contributed by atoms with Crippen molar-refractivity contribution >= 4 is 28.4 Å². The summed E-state index contributed by atoms with van der Waals surface area (Å²) in [6, 6.07) is 5.71. The number of halogens is 1. The maximum absolute atomic E-state index is 12.4. The van der Waals surface area contributed by atoms with Crippen LogP contribution in [0.15, 0.2) is 18.2 Å². The van der Waals surface area contributed by atoms with Gasteiger partial charge in [-0.3, -0.25) is 4.79 Å². The quantitative estimate of drug-likeness (QED) is 0.582. The third kappa shape index (κ3) is 3.97. The molecule has 0 fully saturated rings. The molecule has 0 N–H and O–H groups in total. The number of ether oxygens (including phenoxy) is 1. The number of ketones is 1. The number of carbonyl (C=O) groups excluding carboxylic acids is 1. The fraction of sp³-hybridized carbons (Fsp3) is 0.533. The van der Waals surface area contributed by atoms with E-state index in [4.69, 9.17) is 4.74 Å². The predicted octanol–water partition coefficient (Wildman–Crippen LogP) is 4.55. The minimum absolute atomic E-state index is 0.144. The van der Waals surface area contributed by atoms with Gasteiger partial charge in [0.2, 0.25) is 0 Å². The van der Waals surface area contributed by atoms with E-state index in [2.05, 4.69) is 50.3 Å². The lowest BCUT2D eigenvalue weighted by Crippen LogP contribution is -2.20. The summed E-state index contributed by atoms with van der Waals surface area (Å²) in [5.41, 5.74) is 0.839. The van der Waals surface area contributed by atoms with Crippen molar-refractivity contribution in [2.45, 2.75) is 34.1 Å². The summed E-state index contributed by atoms with van der Waals surface area (Å²) in [6.45, 7) is 8.61. The Morgan fingerprint density at radius 2 is 2.00 bits per heavy atom. The average Bonchev–Trinajstić information content (AvgIpc) is 2.27. The van der Waals surface area contributed by atoms with Gasteiger partial charge in [0.25, 0.3) is 0 Å². The average molecular weight is 360 g/mol. The van der Waals surface area contributed by atoms with E-state index < -0.39 is 0 Å². The minimum atomic E-state index is 0.144. The summed E-state index contributed by atoms with van der Waals surface area (Å²) in [4.78, 5) is 12.4. The molecule has 0 radical (unpaired) electrons. The van der Waals surface area contributed by atoms with Crippen LogP contribution < -0.4 is 4.74 Å². The van der Waals surface area contributed by atoms with E-state index in [1.807, 2.05) is 18.2 Å². The van der Waals surface area contributed by atoms with E-state index in [1.165, 1.54) is 0 Å². The van der Waals surface area contributed by atoms with Gasteiger partial charge in [-0.05, 0) is 52.1 Å². The summed E-state index contributed by atoms with van der Waals surface area (Å²) < 4.78 is 6.32. The number of hydrogen-bond acceptors (Lipinski definition) is 2. The molecule has 1 aromatic carbocycles. The van der Waals surface area contributed by atoms with Crippen LogP contribution in [0, 0.1) is 14.9 Å². The largest absolute Gasteiger partial charge is 0.496 e. The monoisotopic (exact) mass is 360 g/mol. The summed E-state index contributed by atoms with van der Waals surface area (Å²) in [5.74, 6) is 1.17. The van der Waals surface area contributed by atoms with Crippen molar-refractivity contribution in [1.29, 1.82) is 0 Å². The van der Waals surface area contributed by atoms with Crippen molar-refractivity contribution in [3.63, 3.8) is 0 Å². The van der Waals surface area contributed by atoms with Gasteiger partial charge in [0, 0.05) is 9.99 Å². The Morgan fingerprint density at radius 3 is 2.50 bits per heavy atom. The molecule has 0 aliphatic heterocycles. The van der Waals surface area contributed by atoms with Crippen molar-refractivity contribution in [1.82, 2.24) is 0 Å². The number of Topliss-reactive ketones (excluding diaryl/α,β-unsaturated/α-hetero) is 1. The van der Waals surface area contributed by atoms with Gasteiger partial charge in [0.1, 0.15) is 5.75 Å². The third-order valence-corrected chi connectivity index (χ3v) is 4.10. The van der Waals surface area contributed by atoms with Crippen molar-refractivity contribution < 1.29 is 9.53 Å². The number of hydrogen-bond donors (Lipinski definition) is 0. The second kappa shape index (κ2) is 6.04. The Bertz CT molecular complexity index is 433. The van der Waals surface area contributed by atoms with Gasteiger partial charge in [0.05, 0.1) is 12.7 Å². The molecule has 18 heavy (non-hydrogen) atoms. The highest BCUT2D eigenvalue weighted by Crippen LogP contribution is 2.31. The van der Waals surface area contributed by atoms with E-state index in [9.17, 15) is 4.79 Å². The van der Waals surface area contributed by atoms with Gasteiger partial charge in [0.15, 0.2) is 5.78 Å². The Morgan fingerprint density at radius 1 is 1.39 bits per heavy atom. The van der Waals surface area contributed by atoms with E-state index in [0.29, 0.717) is 23.7 Å². The molecular formula is C15H21IO2. The molecule has 0 amide bonds. The molecule has 3 heteroatoms. The number of benzene rings is 1. The van der Waals surface area contributed by atoms with Crippen molar-refractivity contribution in [3.8, 4) is 5.75 Å². The van der Waals surface area contributed by atoms with Crippen LogP contribution in [0.25, 0.3) is 0 Å². The molecule has 0 bridgehead atoms. The fourth-order valence-corrected chi connectivity index (χ4v) is 2.08. The minimum Gasteiger partial charge on any atom is -0.496 e. The van der Waals surface area contributed by atoms with Crippen LogP contribution in [-0.4, -0.2) is 12.9 Å². The number of methoxy groups -OCH3 is 1. The molecular weight excluding hydrogens is 339 g/mol. The topological polar surface area (TPSA) is 26.3 Å². The van der Waals surface area contributed by atoms with Crippen LogP contribution in [0.1, 0.15) is 44.5 Å². The molecule has 0 saturated heterocycles. The maximum Gasteiger partial charge on any atom is 0.166 e. The lowest BCUT2D eigenvalue weighted by molar-refractivity contribution is 0.0924. The highest BCUT2D eigenvalue weighted by atomic mass is 127. The molecule has 0 aliphatic rings. The van der Waals surface area contributed by atoms with Gasteiger partial charge in [-0.25, -0.2) is 0 Å². The van der Waals surface area contributed by atoms with E-state index in [1.54, 1.807) is 7.11 Å². The molecule has 1 rings (SSSR count). The van der Waals surface area contributed by atoms with Gasteiger partial charge in [-0.1, -0.05) is 27.7 Å². The molecule has 0 spiro atoms. The van der Waals surface area contributed by atoms with Crippen molar-refractivity contribution in [3.05, 3.63) is 27.3 Å². The second-order valence-corrected chi connectivity index (χ2v) is 6.98. The lowest BCUT2D eigenvalue weighted by Gasteiger charge is -2.26. The zero-order valence-corrected chi connectivity index (χ0v) is 13.9. The zero-order valence-electron chi connectivity index (χ0n) is 11.7. The van der Waals surface area contributed by atoms with Gasteiger partial charge in [-0.15, -0.1) is 0 Å². The standard InChI is InChI=1S/C15H21IO2/c1-10(15(2,3)4)8-13(17)12-9-11(16)6-7-14(12)18-5/h6-7,9-10H,8H2,1-5H3. The van der Waals surface area contributed by atoms with Gasteiger partial charge >= 0.3 is 0 Å². The Balaban J connectivity index is 2.94. The van der Waals surface area contributed by atoms with Gasteiger partial charge < -0.3 is 4.74 Å². The van der Waals surface area contributed by atoms with Crippen molar-refractivity contribution in [2.24, 2.45) is 11.3 Å². The predicted molar refractivity (Wildman–Crippen MR) is 83.3 cm³/mol. The zero-order chi connectivity index (χ0) is 13.9. The molecule has 0 heterocycles. The van der Waals surface area contributed by atoms with E-state index in [0.717, 1.165) is 3.57 Å². The molecule has 0 aromatic heterocycles. The van der Waals surface area contributed by atoms with Crippen LogP contribution in [-0.2, 0) is 0 Å². The summed E-state index contributed by atoms with van der Waals surface area (Å²) in [6.07, 6.45) is 0.556. The summed E-state index contributed by atoms with van der Waals surface area (Å²) >= 11 is 2.21. The number of carbonyl (C=O) groups is 1. The van der Waals surface area contributed by atoms with Crippen LogP contribution in [0.2, 0.25) is 0 Å². The van der Waals surface area contributed by atoms with Crippen LogP contribution in [0.4, 0.5) is 0 Å². The van der Waals surface area contributed by atoms with E-state index in [-0.39, 0.29) is 11.2 Å². The molecule has 1 unspecified atom stereocenters. The number of rotatable bonds is 4. The summed E-state index contributed by atoms with van der Waals surface area (Å²) in [7, 11) is 1.60. The first-order chi connectivity index (χ1) is 8.25. The lowest BCUT2D eigenvalue weighted by atomic mass is 9.78. The first kappa shape index (κ1) is 15.5. The Kier molecular flexibility index (Phi) is 5.20. The van der Waals surface area contributed by atoms with Crippen LogP contribution >= 0.6 is 22.6 Å². The first-order valence-corrected chi connectivity index (χ1v) is 7.20. The summed E-state index contributed by atoms with van der Waals surface area (Å²) in [5, 5.41) is 0. The molecule has 0 aliphatic carbocycles. The molecule has 100 valence electrons. The molecule has 0 saturated carbocycles. The SMILES string of the molecule is COc1ccc(I)cc1C(=O)CC(C)C(C)(C)C. The normalized spacial score (nSPS) is 13.2. The smallest absolute Gasteiger partial charge is 0.166 e. The van der Waals surface area contributed by atoms with E-state index >= 15 is 0 Å². The molecule has 2 nitrogen and oxygen atoms in total. The molecule has 1 aromatic rings. The van der Waals surface area contributed by atoms with Crippen LogP contribution in [0.3, 0.4) is 0 Å². The fourth-order valence-electron chi connectivity index (χ4n) is 1.59. The first-order valence-electron chi connectivity index (χ1n) is 6.12. The maximum atomic E-state index is 12.4. The highest BCUT2D eigenvalue weighted by Gasteiger charge is 2.24. The van der Waals surface area contributed by atoms with Crippen LogP contribution in [0.5, 0.6) is 5.75 Å². The highest BCUT2D eigenvalue weighted by molar-refractivity contribution is 14.1. The third-order valence-electron chi connectivity index (χ3n) is 3.43. The molecule has 1 atom stereocenters. The van der Waals surface area contributed by atoms with Crippen molar-refractivity contribution in [2.75, 3.05) is 7.11 Å². The second-order valence-electron chi connectivity index (χ2n) is 5.74. The Hall–Kier alpha value is -0.580.